The van der Waals surface area contributed by atoms with Crippen molar-refractivity contribution in [3.05, 3.63) is 208 Å². The molecular formula is C48H29NOSe. The number of para-hydroxylation sites is 1. The Morgan fingerprint density at radius 3 is 1.86 bits per heavy atom. The minimum atomic E-state index is -0.575. The Hall–Kier alpha value is -5.99. The molecule has 3 heteroatoms. The molecule has 0 amide bonds. The van der Waals surface area contributed by atoms with Crippen LogP contribution in [0.25, 0.3) is 52.3 Å². The molecule has 0 aliphatic heterocycles. The quantitative estimate of drug-likeness (QED) is 0.134. The molecular weight excluding hydrogens is 685 g/mol. The van der Waals surface area contributed by atoms with Gasteiger partial charge in [-0.1, -0.05) is 30.3 Å². The number of fused-ring (bicyclic) bond motifs is 13. The van der Waals surface area contributed by atoms with E-state index in [0.717, 1.165) is 27.8 Å². The Balaban J connectivity index is 1.25. The first kappa shape index (κ1) is 28.8. The molecule has 2 aliphatic rings. The van der Waals surface area contributed by atoms with Gasteiger partial charge in [0.2, 0.25) is 0 Å². The summed E-state index contributed by atoms with van der Waals surface area (Å²) in [5.41, 5.74) is 12.9. The summed E-state index contributed by atoms with van der Waals surface area (Å²) >= 11 is 0.0485. The number of benzene rings is 8. The summed E-state index contributed by atoms with van der Waals surface area (Å²) in [4.78, 5) is 16.6. The summed E-state index contributed by atoms with van der Waals surface area (Å²) in [6.07, 6.45) is 0. The number of rotatable bonds is 3. The third-order valence-corrected chi connectivity index (χ3v) is 13.4. The summed E-state index contributed by atoms with van der Waals surface area (Å²) in [5.74, 6) is 0. The molecule has 2 aliphatic carbocycles. The fraction of sp³-hybridized carbons (Fsp3) is 0.0208. The molecule has 0 radical (unpaired) electrons. The molecule has 0 saturated heterocycles. The van der Waals surface area contributed by atoms with Crippen LogP contribution in [0.5, 0.6) is 0 Å². The third-order valence-electron chi connectivity index (χ3n) is 11.0. The van der Waals surface area contributed by atoms with E-state index < -0.39 is 5.41 Å². The number of nitrogens with zero attached hydrogens (tertiary/aromatic N) is 1. The summed E-state index contributed by atoms with van der Waals surface area (Å²) in [5, 5.41) is 4.10. The van der Waals surface area contributed by atoms with Crippen molar-refractivity contribution in [2.75, 3.05) is 4.90 Å². The number of anilines is 3. The van der Waals surface area contributed by atoms with Crippen molar-refractivity contribution in [3.8, 4) is 22.3 Å². The van der Waals surface area contributed by atoms with Gasteiger partial charge in [-0.15, -0.1) is 0 Å². The molecule has 1 heterocycles. The van der Waals surface area contributed by atoms with E-state index in [-0.39, 0.29) is 19.9 Å². The molecule has 1 aromatic heterocycles. The zero-order valence-electron chi connectivity index (χ0n) is 27.5. The number of hydrogen-bond donors (Lipinski definition) is 0. The van der Waals surface area contributed by atoms with Crippen LogP contribution in [0.4, 0.5) is 17.1 Å². The van der Waals surface area contributed by atoms with Crippen LogP contribution >= 0.6 is 0 Å². The van der Waals surface area contributed by atoms with Gasteiger partial charge >= 0.3 is 272 Å². The molecule has 0 N–H and O–H groups in total. The fourth-order valence-electron chi connectivity index (χ4n) is 8.97. The molecule has 8 aromatic carbocycles. The third kappa shape index (κ3) is 3.91. The van der Waals surface area contributed by atoms with E-state index in [4.69, 9.17) is 0 Å². The zero-order chi connectivity index (χ0) is 33.7. The first-order valence-corrected chi connectivity index (χ1v) is 19.1. The predicted octanol–water partition coefficient (Wildman–Crippen LogP) is 11.4. The van der Waals surface area contributed by atoms with E-state index >= 15 is 0 Å². The van der Waals surface area contributed by atoms with Crippen LogP contribution in [0.2, 0.25) is 0 Å². The van der Waals surface area contributed by atoms with Crippen molar-refractivity contribution in [2.45, 2.75) is 5.41 Å². The van der Waals surface area contributed by atoms with Gasteiger partial charge in [0.05, 0.1) is 0 Å². The van der Waals surface area contributed by atoms with Gasteiger partial charge in [0.15, 0.2) is 0 Å². The van der Waals surface area contributed by atoms with Crippen molar-refractivity contribution >= 4 is 61.6 Å². The molecule has 9 aromatic rings. The van der Waals surface area contributed by atoms with E-state index in [1.807, 2.05) is 12.1 Å². The maximum atomic E-state index is 14.2. The number of hydrogen-bond acceptors (Lipinski definition) is 2. The summed E-state index contributed by atoms with van der Waals surface area (Å²) < 4.78 is 2.34. The van der Waals surface area contributed by atoms with Crippen LogP contribution in [-0.4, -0.2) is 14.5 Å². The molecule has 0 fully saturated rings. The van der Waals surface area contributed by atoms with Gasteiger partial charge in [-0.3, -0.25) is 0 Å². The average Bonchev–Trinajstić information content (AvgIpc) is 3.64. The first-order valence-electron chi connectivity index (χ1n) is 17.4. The van der Waals surface area contributed by atoms with Crippen LogP contribution in [0, 0.1) is 0 Å². The van der Waals surface area contributed by atoms with Gasteiger partial charge in [-0.2, -0.15) is 0 Å². The summed E-state index contributed by atoms with van der Waals surface area (Å²) in [6, 6.07) is 63.5. The molecule has 0 bridgehead atoms. The van der Waals surface area contributed by atoms with E-state index in [9.17, 15) is 4.79 Å². The Morgan fingerprint density at radius 1 is 0.412 bits per heavy atom. The van der Waals surface area contributed by atoms with Gasteiger partial charge in [0.25, 0.3) is 0 Å². The normalized spacial score (nSPS) is 15.2. The summed E-state index contributed by atoms with van der Waals surface area (Å²) in [6.45, 7) is 0. The van der Waals surface area contributed by atoms with E-state index in [1.165, 1.54) is 63.8 Å². The van der Waals surface area contributed by atoms with Gasteiger partial charge in [0, 0.05) is 0 Å². The minimum absolute atomic E-state index is 0.0485. The Kier molecular flexibility index (Phi) is 6.07. The summed E-state index contributed by atoms with van der Waals surface area (Å²) in [7, 11) is 0. The van der Waals surface area contributed by atoms with Gasteiger partial charge in [0.1, 0.15) is 0 Å². The standard InChI is InChI=1S/C48H29NOSe/c50-47-37-20-8-11-24-45(37)51-46-29-38-35-19-7-10-22-41(35)48(43(38)28-39(46)47)40-21-9-6-18-34(40)36-26-25-32(27-42(36)48)49(31-15-2-1-3-16-31)44-23-12-14-30-13-4-5-17-33(30)44/h1-29H. The van der Waals surface area contributed by atoms with Crippen molar-refractivity contribution in [1.29, 1.82) is 0 Å². The van der Waals surface area contributed by atoms with Crippen molar-refractivity contribution in [2.24, 2.45) is 0 Å². The molecule has 1 atom stereocenters. The van der Waals surface area contributed by atoms with Crippen LogP contribution in [-0.2, 0) is 5.41 Å². The Morgan fingerprint density at radius 2 is 1.04 bits per heavy atom. The monoisotopic (exact) mass is 715 g/mol. The first-order chi connectivity index (χ1) is 25.2. The second-order valence-electron chi connectivity index (χ2n) is 13.6. The van der Waals surface area contributed by atoms with E-state index in [1.54, 1.807) is 0 Å². The molecule has 2 nitrogen and oxygen atoms in total. The maximum absolute atomic E-state index is 14.2. The van der Waals surface area contributed by atoms with Crippen LogP contribution in [0.1, 0.15) is 22.3 Å². The average molecular weight is 715 g/mol. The van der Waals surface area contributed by atoms with Crippen molar-refractivity contribution in [3.63, 3.8) is 0 Å². The van der Waals surface area contributed by atoms with Crippen LogP contribution < -0.4 is 10.3 Å². The van der Waals surface area contributed by atoms with Gasteiger partial charge in [-0.25, -0.2) is 0 Å². The Bertz CT molecular complexity index is 2960. The molecule has 1 unspecified atom stereocenters. The van der Waals surface area contributed by atoms with Crippen LogP contribution in [0.3, 0.4) is 0 Å². The van der Waals surface area contributed by atoms with Crippen molar-refractivity contribution < 1.29 is 0 Å². The predicted molar refractivity (Wildman–Crippen MR) is 213 cm³/mol. The van der Waals surface area contributed by atoms with E-state index in [2.05, 4.69) is 169 Å². The zero-order valence-corrected chi connectivity index (χ0v) is 29.2. The fourth-order valence-corrected chi connectivity index (χ4v) is 11.3. The topological polar surface area (TPSA) is 20.3 Å². The molecule has 0 saturated carbocycles. The van der Waals surface area contributed by atoms with Gasteiger partial charge < -0.3 is 0 Å². The molecule has 51 heavy (non-hydrogen) atoms. The Labute approximate surface area is 301 Å². The molecule has 1 spiro atoms. The second-order valence-corrected chi connectivity index (χ2v) is 15.8. The van der Waals surface area contributed by atoms with E-state index in [0.29, 0.717) is 0 Å². The SMILES string of the molecule is O=c1c2ccccc2[se]c2cc3c(cc12)C1(c2ccccc2-c2ccc(N(c4ccccc4)c4cccc5ccccc45)cc21)c1ccccc1-3. The molecule has 11 rings (SSSR count). The second kappa shape index (κ2) is 10.8. The van der Waals surface area contributed by atoms with Crippen LogP contribution in [0.15, 0.2) is 181 Å². The van der Waals surface area contributed by atoms with Crippen molar-refractivity contribution in [1.82, 2.24) is 0 Å². The molecule has 238 valence electrons. The van der Waals surface area contributed by atoms with Gasteiger partial charge in [-0.05, 0) is 0 Å².